The smallest absolute Gasteiger partial charge is 0.240 e. The molecule has 48 heavy (non-hydrogen) atoms. The number of hydrogen-bond donors (Lipinski definition) is 1. The van der Waals surface area contributed by atoms with Crippen LogP contribution in [0.5, 0.6) is 0 Å². The zero-order valence-corrected chi connectivity index (χ0v) is 28.7. The molecule has 0 bridgehead atoms. The number of likely N-dealkylation sites (N-methyl/N-ethyl adjacent to an activating group) is 3. The number of amides is 1. The Kier molecular flexibility index (Phi) is 9.73. The Balaban J connectivity index is 1.38. The number of H-pyrrole nitrogens is 1. The Morgan fingerprint density at radius 1 is 0.812 bits per heavy atom. The highest BCUT2D eigenvalue weighted by molar-refractivity contribution is 7.90. The van der Waals surface area contributed by atoms with E-state index in [1.165, 1.54) is 0 Å². The zero-order valence-electron chi connectivity index (χ0n) is 27.8. The van der Waals surface area contributed by atoms with Gasteiger partial charge in [-0.15, -0.1) is 0 Å². The minimum Gasteiger partial charge on any atom is -0.339 e. The summed E-state index contributed by atoms with van der Waals surface area (Å²) < 4.78 is 26.5. The van der Waals surface area contributed by atoms with Crippen LogP contribution in [0, 0.1) is 0 Å². The van der Waals surface area contributed by atoms with E-state index in [1.807, 2.05) is 94.1 Å². The van der Waals surface area contributed by atoms with Crippen LogP contribution < -0.4 is 4.90 Å². The lowest BCUT2D eigenvalue weighted by Crippen LogP contribution is -2.41. The van der Waals surface area contributed by atoms with Crippen molar-refractivity contribution < 1.29 is 13.2 Å². The summed E-state index contributed by atoms with van der Waals surface area (Å²) in [6.45, 7) is 4.97. The van der Waals surface area contributed by atoms with Crippen molar-refractivity contribution in [3.05, 3.63) is 115 Å². The number of hydrogen-bond acceptors (Lipinski definition) is 6. The number of pyridine rings is 1. The molecule has 0 aliphatic heterocycles. The number of nitrogens with zero attached hydrogens (tertiary/aromatic N) is 4. The summed E-state index contributed by atoms with van der Waals surface area (Å²) >= 11 is 0. The molecular weight excluding hydrogens is 619 g/mol. The molecular formula is C39H41N5O3S. The van der Waals surface area contributed by atoms with Crippen LogP contribution in [0.1, 0.15) is 12.5 Å². The highest BCUT2D eigenvalue weighted by Gasteiger charge is 2.21. The van der Waals surface area contributed by atoms with Crippen molar-refractivity contribution in [1.29, 1.82) is 0 Å². The first-order valence-corrected chi connectivity index (χ1v) is 17.8. The maximum absolute atomic E-state index is 13.3. The van der Waals surface area contributed by atoms with Crippen LogP contribution in [-0.4, -0.2) is 81.4 Å². The minimum absolute atomic E-state index is 0.0419. The summed E-state index contributed by atoms with van der Waals surface area (Å²) in [4.78, 5) is 27.8. The third-order valence-electron chi connectivity index (χ3n) is 8.82. The monoisotopic (exact) mass is 659 g/mol. The molecule has 6 aromatic rings. The van der Waals surface area contributed by atoms with E-state index in [4.69, 9.17) is 4.98 Å². The number of carbonyl (C=O) groups excluding carboxylic acids is 1. The lowest BCUT2D eigenvalue weighted by molar-refractivity contribution is -0.119. The summed E-state index contributed by atoms with van der Waals surface area (Å²) in [7, 11) is 2.37. The van der Waals surface area contributed by atoms with E-state index in [2.05, 4.69) is 33.8 Å². The predicted molar refractivity (Wildman–Crippen MR) is 196 cm³/mol. The van der Waals surface area contributed by atoms with Crippen LogP contribution in [0.4, 0.5) is 5.69 Å². The van der Waals surface area contributed by atoms with Crippen LogP contribution >= 0.6 is 0 Å². The van der Waals surface area contributed by atoms with Crippen molar-refractivity contribution in [1.82, 2.24) is 19.8 Å². The van der Waals surface area contributed by atoms with Gasteiger partial charge in [0.2, 0.25) is 5.91 Å². The standard InChI is InChI=1S/C39H41N5O3S/c1-5-44(23-22-42(2)3)26-36(45)43(4)31-19-17-29(18-20-31)34-25-40-39-38(37(34)30-12-8-6-9-13-30)33-24-28(16-21-35(33)41-39)27-48(46,47)32-14-10-7-11-15-32/h6-21,24-25H,5,22-23,26-27H2,1-4H3,(H,40,41). The third kappa shape index (κ3) is 7.04. The van der Waals surface area contributed by atoms with E-state index in [9.17, 15) is 13.2 Å². The maximum atomic E-state index is 13.3. The topological polar surface area (TPSA) is 89.6 Å². The van der Waals surface area contributed by atoms with E-state index in [0.29, 0.717) is 17.0 Å². The number of anilines is 1. The Morgan fingerprint density at radius 3 is 2.17 bits per heavy atom. The average molecular weight is 660 g/mol. The van der Waals surface area contributed by atoms with Gasteiger partial charge in [-0.1, -0.05) is 73.7 Å². The first-order chi connectivity index (χ1) is 23.1. The summed E-state index contributed by atoms with van der Waals surface area (Å²) in [5, 5.41) is 1.84. The molecule has 0 fully saturated rings. The molecule has 0 radical (unpaired) electrons. The van der Waals surface area contributed by atoms with Gasteiger partial charge in [0.25, 0.3) is 0 Å². The largest absolute Gasteiger partial charge is 0.339 e. The molecule has 0 saturated carbocycles. The zero-order chi connectivity index (χ0) is 33.8. The number of aromatic nitrogens is 2. The van der Waals surface area contributed by atoms with Gasteiger partial charge in [0.1, 0.15) is 5.65 Å². The van der Waals surface area contributed by atoms with Crippen LogP contribution in [0.2, 0.25) is 0 Å². The molecule has 0 aliphatic rings. The van der Waals surface area contributed by atoms with Crippen molar-refractivity contribution >= 4 is 43.4 Å². The number of carbonyl (C=O) groups is 1. The van der Waals surface area contributed by atoms with Crippen molar-refractivity contribution in [3.8, 4) is 22.3 Å². The molecule has 0 aliphatic carbocycles. The Bertz CT molecular complexity index is 2150. The minimum atomic E-state index is -3.52. The second-order valence-corrected chi connectivity index (χ2v) is 14.4. The van der Waals surface area contributed by atoms with Gasteiger partial charge in [-0.2, -0.15) is 0 Å². The molecule has 4 aromatic carbocycles. The van der Waals surface area contributed by atoms with Crippen molar-refractivity contribution in [2.75, 3.05) is 52.2 Å². The Hall–Kier alpha value is -4.83. The number of benzene rings is 4. The molecule has 0 saturated heterocycles. The fraction of sp³-hybridized carbons (Fsp3) is 0.231. The van der Waals surface area contributed by atoms with Gasteiger partial charge < -0.3 is 14.8 Å². The SMILES string of the molecule is CCN(CCN(C)C)CC(=O)N(C)c1ccc(-c2cnc3[nH]c4ccc(CS(=O)(=O)c5ccccc5)cc4c3c2-c2ccccc2)cc1. The predicted octanol–water partition coefficient (Wildman–Crippen LogP) is 6.87. The van der Waals surface area contributed by atoms with Crippen LogP contribution in [0.25, 0.3) is 44.2 Å². The van der Waals surface area contributed by atoms with Gasteiger partial charge in [-0.25, -0.2) is 13.4 Å². The molecule has 6 rings (SSSR count). The number of nitrogens with one attached hydrogen (secondary N) is 1. The number of sulfone groups is 1. The molecule has 0 atom stereocenters. The first-order valence-electron chi connectivity index (χ1n) is 16.1. The number of rotatable bonds is 12. The summed E-state index contributed by atoms with van der Waals surface area (Å²) in [5.41, 5.74) is 7.08. The highest BCUT2D eigenvalue weighted by atomic mass is 32.2. The Labute approximate surface area is 282 Å². The third-order valence-corrected chi connectivity index (χ3v) is 10.5. The number of aromatic amines is 1. The molecule has 0 spiro atoms. The molecule has 1 amide bonds. The molecule has 2 aromatic heterocycles. The molecule has 246 valence electrons. The number of fused-ring (bicyclic) bond motifs is 3. The lowest BCUT2D eigenvalue weighted by Gasteiger charge is -2.25. The molecule has 1 N–H and O–H groups in total. The molecule has 2 heterocycles. The van der Waals surface area contributed by atoms with Gasteiger partial charge in [0.05, 0.1) is 17.2 Å². The van der Waals surface area contributed by atoms with Crippen molar-refractivity contribution in [2.24, 2.45) is 0 Å². The van der Waals surface area contributed by atoms with E-state index < -0.39 is 9.84 Å². The normalized spacial score (nSPS) is 12.0. The average Bonchev–Trinajstić information content (AvgIpc) is 3.47. The quantitative estimate of drug-likeness (QED) is 0.154. The summed E-state index contributed by atoms with van der Waals surface area (Å²) in [6, 6.07) is 32.5. The van der Waals surface area contributed by atoms with Crippen molar-refractivity contribution in [2.45, 2.75) is 17.6 Å². The van der Waals surface area contributed by atoms with Gasteiger partial charge in [0.15, 0.2) is 9.84 Å². The fourth-order valence-corrected chi connectivity index (χ4v) is 7.40. The highest BCUT2D eigenvalue weighted by Crippen LogP contribution is 2.41. The summed E-state index contributed by atoms with van der Waals surface area (Å²) in [5.74, 6) is -0.0624. The maximum Gasteiger partial charge on any atom is 0.240 e. The van der Waals surface area contributed by atoms with E-state index in [0.717, 1.165) is 69.5 Å². The van der Waals surface area contributed by atoms with E-state index in [-0.39, 0.29) is 11.7 Å². The molecule has 0 unspecified atom stereocenters. The summed E-state index contributed by atoms with van der Waals surface area (Å²) in [6.07, 6.45) is 1.88. The van der Waals surface area contributed by atoms with Gasteiger partial charge in [-0.05, 0) is 73.7 Å². The lowest BCUT2D eigenvalue weighted by atomic mass is 9.92. The van der Waals surface area contributed by atoms with E-state index in [1.54, 1.807) is 29.2 Å². The van der Waals surface area contributed by atoms with Crippen LogP contribution in [0.3, 0.4) is 0 Å². The second kappa shape index (κ2) is 14.1. The second-order valence-electron chi connectivity index (χ2n) is 12.4. The first kappa shape index (κ1) is 33.1. The fourth-order valence-electron chi connectivity index (χ4n) is 6.04. The van der Waals surface area contributed by atoms with Gasteiger partial charge in [0, 0.05) is 59.4 Å². The molecule has 8 nitrogen and oxygen atoms in total. The van der Waals surface area contributed by atoms with Gasteiger partial charge in [-0.3, -0.25) is 9.69 Å². The van der Waals surface area contributed by atoms with E-state index >= 15 is 0 Å². The Morgan fingerprint density at radius 2 is 1.50 bits per heavy atom. The van der Waals surface area contributed by atoms with Crippen molar-refractivity contribution in [3.63, 3.8) is 0 Å². The van der Waals surface area contributed by atoms with Crippen LogP contribution in [-0.2, 0) is 20.4 Å². The van der Waals surface area contributed by atoms with Gasteiger partial charge >= 0.3 is 0 Å². The van der Waals surface area contributed by atoms with Crippen LogP contribution in [0.15, 0.2) is 114 Å². The molecule has 9 heteroatoms.